The molecule has 11 heteroatoms. The van der Waals surface area contributed by atoms with Crippen molar-refractivity contribution < 1.29 is 21.6 Å². The molecule has 6 nitrogen and oxygen atoms in total. The summed E-state index contributed by atoms with van der Waals surface area (Å²) in [5.41, 5.74) is 0. The lowest BCUT2D eigenvalue weighted by Crippen LogP contribution is -2.46. The van der Waals surface area contributed by atoms with Gasteiger partial charge in [-0.3, -0.25) is 4.68 Å². The first-order chi connectivity index (χ1) is 8.79. The largest absolute Gasteiger partial charge is 0.408 e. The van der Waals surface area contributed by atoms with Gasteiger partial charge in [-0.1, -0.05) is 0 Å². The molecule has 0 atom stereocenters. The average Bonchev–Trinajstić information content (AvgIpc) is 2.77. The van der Waals surface area contributed by atoms with E-state index in [0.29, 0.717) is 30.9 Å². The van der Waals surface area contributed by atoms with E-state index in [1.54, 1.807) is 0 Å². The summed E-state index contributed by atoms with van der Waals surface area (Å²) in [5, 5.41) is 6.44. The maximum atomic E-state index is 12.2. The number of hydrogen-bond donors (Lipinski definition) is 1. The predicted molar refractivity (Wildman–Crippen MR) is 67.2 cm³/mol. The summed E-state index contributed by atoms with van der Waals surface area (Å²) in [6, 6.07) is 0. The van der Waals surface area contributed by atoms with Gasteiger partial charge in [0.05, 0.1) is 6.20 Å². The lowest BCUT2D eigenvalue weighted by atomic mass is 10.4. The Kier molecular flexibility index (Phi) is 5.41. The van der Waals surface area contributed by atoms with E-state index in [2.05, 4.69) is 10.4 Å². The number of aromatic nitrogens is 2. The molecule has 2 rings (SSSR count). The molecule has 0 aliphatic carbocycles. The highest BCUT2D eigenvalue weighted by Gasteiger charge is 2.31. The summed E-state index contributed by atoms with van der Waals surface area (Å²) in [7, 11) is -3.75. The zero-order chi connectivity index (χ0) is 14.1. The number of rotatable bonds is 3. The Balaban J connectivity index is 0.00000200. The first-order valence-electron chi connectivity index (χ1n) is 5.59. The summed E-state index contributed by atoms with van der Waals surface area (Å²) in [4.78, 5) is -0.210. The van der Waals surface area contributed by atoms with Crippen LogP contribution in [0.2, 0.25) is 0 Å². The molecule has 1 aliphatic heterocycles. The maximum Gasteiger partial charge on any atom is 0.408 e. The molecular weight excluding hydrogens is 321 g/mol. The van der Waals surface area contributed by atoms with E-state index >= 15 is 0 Å². The topological polar surface area (TPSA) is 67.2 Å². The summed E-state index contributed by atoms with van der Waals surface area (Å²) in [6.45, 7) is 0.343. The van der Waals surface area contributed by atoms with E-state index in [1.165, 1.54) is 4.31 Å². The van der Waals surface area contributed by atoms with Crippen molar-refractivity contribution in [3.05, 3.63) is 12.4 Å². The Morgan fingerprint density at radius 3 is 2.45 bits per heavy atom. The summed E-state index contributed by atoms with van der Waals surface area (Å²) >= 11 is 0. The Morgan fingerprint density at radius 2 is 1.90 bits per heavy atom. The molecule has 116 valence electrons. The van der Waals surface area contributed by atoms with Gasteiger partial charge in [0.25, 0.3) is 0 Å². The van der Waals surface area contributed by atoms with Gasteiger partial charge in [-0.2, -0.15) is 22.6 Å². The van der Waals surface area contributed by atoms with Crippen LogP contribution in [0.3, 0.4) is 0 Å². The number of sulfonamides is 1. The first-order valence-corrected chi connectivity index (χ1v) is 7.03. The molecule has 0 saturated carbocycles. The number of alkyl halides is 3. The van der Waals surface area contributed by atoms with Crippen LogP contribution in [0.1, 0.15) is 0 Å². The van der Waals surface area contributed by atoms with Crippen LogP contribution in [0.25, 0.3) is 0 Å². The molecule has 2 heterocycles. The number of hydrogen-bond acceptors (Lipinski definition) is 4. The molecular formula is C9H14ClF3N4O2S. The molecule has 0 aromatic carbocycles. The van der Waals surface area contributed by atoms with E-state index < -0.39 is 22.7 Å². The van der Waals surface area contributed by atoms with Crippen molar-refractivity contribution in [1.29, 1.82) is 0 Å². The monoisotopic (exact) mass is 334 g/mol. The molecule has 0 bridgehead atoms. The van der Waals surface area contributed by atoms with Gasteiger partial charge in [-0.15, -0.1) is 12.4 Å². The van der Waals surface area contributed by atoms with Gasteiger partial charge in [0, 0.05) is 32.4 Å². The second kappa shape index (κ2) is 6.29. The third kappa shape index (κ3) is 4.08. The minimum Gasteiger partial charge on any atom is -0.314 e. The smallest absolute Gasteiger partial charge is 0.314 e. The highest BCUT2D eigenvalue weighted by Crippen LogP contribution is 2.19. The zero-order valence-corrected chi connectivity index (χ0v) is 11.9. The third-order valence-electron chi connectivity index (χ3n) is 2.66. The SMILES string of the molecule is Cl.O=S(=O)(c1cnn(CC(F)(F)F)c1)N1CCNCC1. The second-order valence-electron chi connectivity index (χ2n) is 4.14. The van der Waals surface area contributed by atoms with Gasteiger partial charge in [0.15, 0.2) is 0 Å². The first kappa shape index (κ1) is 17.2. The van der Waals surface area contributed by atoms with Crippen LogP contribution in [-0.4, -0.2) is 54.9 Å². The minimum atomic E-state index is -4.43. The number of halogens is 4. The van der Waals surface area contributed by atoms with Crippen LogP contribution in [0.4, 0.5) is 13.2 Å². The highest BCUT2D eigenvalue weighted by atomic mass is 35.5. The average molecular weight is 335 g/mol. The van der Waals surface area contributed by atoms with Crippen molar-refractivity contribution in [3.63, 3.8) is 0 Å². The van der Waals surface area contributed by atoms with Gasteiger partial charge in [-0.05, 0) is 0 Å². The van der Waals surface area contributed by atoms with Gasteiger partial charge >= 0.3 is 6.18 Å². The van der Waals surface area contributed by atoms with Crippen molar-refractivity contribution in [2.24, 2.45) is 0 Å². The number of piperazine rings is 1. The van der Waals surface area contributed by atoms with Gasteiger partial charge in [0.1, 0.15) is 11.4 Å². The van der Waals surface area contributed by atoms with Gasteiger partial charge in [-0.25, -0.2) is 8.42 Å². The zero-order valence-electron chi connectivity index (χ0n) is 10.3. The highest BCUT2D eigenvalue weighted by molar-refractivity contribution is 7.89. The minimum absolute atomic E-state index is 0. The van der Waals surface area contributed by atoms with Gasteiger partial charge in [0.2, 0.25) is 10.0 Å². The van der Waals surface area contributed by atoms with E-state index in [-0.39, 0.29) is 17.3 Å². The molecule has 1 N–H and O–H groups in total. The van der Waals surface area contributed by atoms with Crippen LogP contribution in [0.15, 0.2) is 17.3 Å². The van der Waals surface area contributed by atoms with E-state index in [1.807, 2.05) is 0 Å². The Hall–Kier alpha value is -0.840. The summed E-state index contributed by atoms with van der Waals surface area (Å²) < 4.78 is 62.6. The molecule has 1 aromatic rings. The van der Waals surface area contributed by atoms with Crippen molar-refractivity contribution in [3.8, 4) is 0 Å². The molecule has 1 aliphatic rings. The Labute approximate surface area is 120 Å². The van der Waals surface area contributed by atoms with E-state index in [4.69, 9.17) is 0 Å². The van der Waals surface area contributed by atoms with Crippen LogP contribution in [0, 0.1) is 0 Å². The fourth-order valence-electron chi connectivity index (χ4n) is 1.78. The molecule has 0 amide bonds. The molecule has 1 saturated heterocycles. The van der Waals surface area contributed by atoms with E-state index in [9.17, 15) is 21.6 Å². The lowest BCUT2D eigenvalue weighted by molar-refractivity contribution is -0.142. The predicted octanol–water partition coefficient (Wildman–Crippen LogP) is 0.461. The molecule has 1 fully saturated rings. The van der Waals surface area contributed by atoms with Crippen LogP contribution < -0.4 is 5.32 Å². The van der Waals surface area contributed by atoms with Crippen molar-refractivity contribution in [2.45, 2.75) is 17.6 Å². The van der Waals surface area contributed by atoms with Crippen molar-refractivity contribution >= 4 is 22.4 Å². The standard InChI is InChI=1S/C9H13F3N4O2S.ClH/c10-9(11,12)7-15-6-8(5-14-15)19(17,18)16-3-1-13-2-4-16;/h5-6,13H,1-4,7H2;1H. The summed E-state index contributed by atoms with van der Waals surface area (Å²) in [5.74, 6) is 0. The van der Waals surface area contributed by atoms with Crippen LogP contribution in [0.5, 0.6) is 0 Å². The number of nitrogens with zero attached hydrogens (tertiary/aromatic N) is 3. The van der Waals surface area contributed by atoms with E-state index in [0.717, 1.165) is 12.4 Å². The Morgan fingerprint density at radius 1 is 1.30 bits per heavy atom. The quantitative estimate of drug-likeness (QED) is 0.872. The van der Waals surface area contributed by atoms with Crippen LogP contribution in [-0.2, 0) is 16.6 Å². The fourth-order valence-corrected chi connectivity index (χ4v) is 3.18. The molecule has 0 unspecified atom stereocenters. The second-order valence-corrected chi connectivity index (χ2v) is 6.08. The Bertz CT molecular complexity index is 540. The lowest BCUT2D eigenvalue weighted by Gasteiger charge is -2.25. The van der Waals surface area contributed by atoms with Crippen molar-refractivity contribution in [1.82, 2.24) is 19.4 Å². The van der Waals surface area contributed by atoms with Crippen molar-refractivity contribution in [2.75, 3.05) is 26.2 Å². The number of nitrogens with one attached hydrogen (secondary N) is 1. The normalized spacial score (nSPS) is 17.8. The molecule has 1 aromatic heterocycles. The summed E-state index contributed by atoms with van der Waals surface area (Å²) in [6.07, 6.45) is -2.57. The van der Waals surface area contributed by atoms with Gasteiger partial charge < -0.3 is 5.32 Å². The molecule has 0 radical (unpaired) electrons. The molecule has 20 heavy (non-hydrogen) atoms. The van der Waals surface area contributed by atoms with Crippen LogP contribution >= 0.6 is 12.4 Å². The maximum absolute atomic E-state index is 12.2. The fraction of sp³-hybridized carbons (Fsp3) is 0.667. The molecule has 0 spiro atoms. The third-order valence-corrected chi connectivity index (χ3v) is 4.52.